The third kappa shape index (κ3) is 6.03. The summed E-state index contributed by atoms with van der Waals surface area (Å²) in [7, 11) is 0. The van der Waals surface area contributed by atoms with E-state index < -0.39 is 22.9 Å². The van der Waals surface area contributed by atoms with Crippen molar-refractivity contribution in [1.29, 1.82) is 0 Å². The van der Waals surface area contributed by atoms with E-state index in [0.717, 1.165) is 11.1 Å². The lowest BCUT2D eigenvalue weighted by Gasteiger charge is -2.16. The highest BCUT2D eigenvalue weighted by molar-refractivity contribution is 5.96. The van der Waals surface area contributed by atoms with Gasteiger partial charge >= 0.3 is 5.97 Å². The van der Waals surface area contributed by atoms with E-state index in [1.807, 2.05) is 39.0 Å². The number of rotatable bonds is 8. The standard InChI is InChI=1S/C21H24N2O6/c1-13(2)16-10-9-14(3)11-19(16)28-12-20(24)29-15(4)21(25)22-17-7-5-6-8-18(17)23(26)27/h5-11,13,15H,12H2,1-4H3,(H,22,25)/t15-/m1/s1. The van der Waals surface area contributed by atoms with Gasteiger partial charge in [-0.05, 0) is 43.0 Å². The number of nitrogens with one attached hydrogen (secondary N) is 1. The number of ether oxygens (including phenoxy) is 2. The van der Waals surface area contributed by atoms with Gasteiger partial charge in [0.2, 0.25) is 0 Å². The number of nitrogens with zero attached hydrogens (tertiary/aromatic N) is 1. The van der Waals surface area contributed by atoms with Crippen LogP contribution in [0.25, 0.3) is 0 Å². The summed E-state index contributed by atoms with van der Waals surface area (Å²) in [6, 6.07) is 11.5. The minimum absolute atomic E-state index is 0.0305. The first kappa shape index (κ1) is 21.9. The van der Waals surface area contributed by atoms with Crippen molar-refractivity contribution in [1.82, 2.24) is 0 Å². The molecule has 8 nitrogen and oxygen atoms in total. The largest absolute Gasteiger partial charge is 0.482 e. The van der Waals surface area contributed by atoms with Crippen LogP contribution in [0.3, 0.4) is 0 Å². The third-order valence-electron chi connectivity index (χ3n) is 4.17. The number of hydrogen-bond acceptors (Lipinski definition) is 6. The van der Waals surface area contributed by atoms with Crippen molar-refractivity contribution >= 4 is 23.3 Å². The molecule has 154 valence electrons. The normalized spacial score (nSPS) is 11.6. The monoisotopic (exact) mass is 400 g/mol. The zero-order chi connectivity index (χ0) is 21.6. The zero-order valence-electron chi connectivity index (χ0n) is 16.8. The molecule has 0 saturated carbocycles. The average molecular weight is 400 g/mol. The number of carbonyl (C=O) groups excluding carboxylic acids is 2. The van der Waals surface area contributed by atoms with E-state index in [4.69, 9.17) is 9.47 Å². The van der Waals surface area contributed by atoms with E-state index in [2.05, 4.69) is 5.32 Å². The molecule has 0 aliphatic heterocycles. The number of benzene rings is 2. The summed E-state index contributed by atoms with van der Waals surface area (Å²) in [5.74, 6) is -0.584. The Morgan fingerprint density at radius 3 is 2.48 bits per heavy atom. The molecule has 0 unspecified atom stereocenters. The Labute approximate surface area is 169 Å². The summed E-state index contributed by atoms with van der Waals surface area (Å²) < 4.78 is 10.7. The van der Waals surface area contributed by atoms with Gasteiger partial charge in [0.1, 0.15) is 11.4 Å². The number of hydrogen-bond donors (Lipinski definition) is 1. The van der Waals surface area contributed by atoms with Gasteiger partial charge in [-0.2, -0.15) is 0 Å². The first-order valence-corrected chi connectivity index (χ1v) is 9.16. The number of anilines is 1. The van der Waals surface area contributed by atoms with Gasteiger partial charge in [0.15, 0.2) is 12.7 Å². The fraction of sp³-hybridized carbons (Fsp3) is 0.333. The summed E-state index contributed by atoms with van der Waals surface area (Å²) in [5.41, 5.74) is 1.74. The molecular formula is C21H24N2O6. The zero-order valence-corrected chi connectivity index (χ0v) is 16.8. The molecule has 0 spiro atoms. The highest BCUT2D eigenvalue weighted by Gasteiger charge is 2.22. The summed E-state index contributed by atoms with van der Waals surface area (Å²) in [6.07, 6.45) is -1.15. The fourth-order valence-electron chi connectivity index (χ4n) is 2.64. The highest BCUT2D eigenvalue weighted by Crippen LogP contribution is 2.27. The van der Waals surface area contributed by atoms with E-state index in [-0.39, 0.29) is 23.9 Å². The second-order valence-corrected chi connectivity index (χ2v) is 6.88. The molecule has 2 aromatic rings. The van der Waals surface area contributed by atoms with Crippen LogP contribution in [0.1, 0.15) is 37.8 Å². The molecule has 0 aliphatic rings. The summed E-state index contributed by atoms with van der Waals surface area (Å²) >= 11 is 0. The quantitative estimate of drug-likeness (QED) is 0.408. The molecule has 0 aromatic heterocycles. The molecule has 0 heterocycles. The van der Waals surface area contributed by atoms with Crippen molar-refractivity contribution in [2.24, 2.45) is 0 Å². The van der Waals surface area contributed by atoms with Crippen molar-refractivity contribution in [3.05, 3.63) is 63.7 Å². The predicted molar refractivity (Wildman–Crippen MR) is 108 cm³/mol. The van der Waals surface area contributed by atoms with Crippen LogP contribution in [0.15, 0.2) is 42.5 Å². The molecule has 0 fully saturated rings. The van der Waals surface area contributed by atoms with Crippen LogP contribution in [-0.4, -0.2) is 29.5 Å². The molecule has 2 aromatic carbocycles. The number of nitro groups is 1. The van der Waals surface area contributed by atoms with Crippen LogP contribution in [0.2, 0.25) is 0 Å². The smallest absolute Gasteiger partial charge is 0.344 e. The lowest BCUT2D eigenvalue weighted by Crippen LogP contribution is -2.32. The average Bonchev–Trinajstić information content (AvgIpc) is 2.66. The molecule has 1 atom stereocenters. The molecule has 2 rings (SSSR count). The van der Waals surface area contributed by atoms with E-state index in [1.165, 1.54) is 25.1 Å². The predicted octanol–water partition coefficient (Wildman–Crippen LogP) is 3.98. The maximum atomic E-state index is 12.2. The Bertz CT molecular complexity index is 910. The SMILES string of the molecule is Cc1ccc(C(C)C)c(OCC(=O)O[C@H](C)C(=O)Nc2ccccc2[N+](=O)[O-])c1. The summed E-state index contributed by atoms with van der Waals surface area (Å²) in [6.45, 7) is 6.99. The molecule has 0 aliphatic carbocycles. The van der Waals surface area contributed by atoms with Crippen molar-refractivity contribution in [3.8, 4) is 5.75 Å². The van der Waals surface area contributed by atoms with E-state index in [9.17, 15) is 19.7 Å². The van der Waals surface area contributed by atoms with Gasteiger partial charge in [-0.3, -0.25) is 14.9 Å². The minimum Gasteiger partial charge on any atom is -0.482 e. The Kier molecular flexibility index (Phi) is 7.30. The van der Waals surface area contributed by atoms with E-state index in [1.54, 1.807) is 6.07 Å². The van der Waals surface area contributed by atoms with Crippen molar-refractivity contribution < 1.29 is 24.0 Å². The van der Waals surface area contributed by atoms with Crippen LogP contribution in [0.4, 0.5) is 11.4 Å². The molecule has 8 heteroatoms. The Morgan fingerprint density at radius 2 is 1.83 bits per heavy atom. The van der Waals surface area contributed by atoms with Crippen molar-refractivity contribution in [2.75, 3.05) is 11.9 Å². The van der Waals surface area contributed by atoms with Crippen molar-refractivity contribution in [2.45, 2.75) is 39.7 Å². The van der Waals surface area contributed by atoms with Gasteiger partial charge in [-0.15, -0.1) is 0 Å². The van der Waals surface area contributed by atoms with E-state index >= 15 is 0 Å². The highest BCUT2D eigenvalue weighted by atomic mass is 16.6. The van der Waals surface area contributed by atoms with Gasteiger partial charge in [0.25, 0.3) is 11.6 Å². The van der Waals surface area contributed by atoms with Crippen LogP contribution in [0.5, 0.6) is 5.75 Å². The Morgan fingerprint density at radius 1 is 1.14 bits per heavy atom. The minimum atomic E-state index is -1.15. The number of carbonyl (C=O) groups is 2. The molecule has 0 saturated heterocycles. The number of nitro benzene ring substituents is 1. The van der Waals surface area contributed by atoms with Crippen LogP contribution >= 0.6 is 0 Å². The van der Waals surface area contributed by atoms with Gasteiger partial charge in [-0.1, -0.05) is 38.1 Å². The maximum absolute atomic E-state index is 12.2. The van der Waals surface area contributed by atoms with Gasteiger partial charge in [-0.25, -0.2) is 4.79 Å². The second kappa shape index (κ2) is 9.68. The Hall–Kier alpha value is -3.42. The molecule has 0 radical (unpaired) electrons. The molecule has 1 N–H and O–H groups in total. The molecule has 29 heavy (non-hydrogen) atoms. The lowest BCUT2D eigenvalue weighted by molar-refractivity contribution is -0.383. The first-order chi connectivity index (χ1) is 13.7. The second-order valence-electron chi connectivity index (χ2n) is 6.88. The van der Waals surface area contributed by atoms with Crippen molar-refractivity contribution in [3.63, 3.8) is 0 Å². The third-order valence-corrected chi connectivity index (χ3v) is 4.17. The van der Waals surface area contributed by atoms with Gasteiger partial charge < -0.3 is 14.8 Å². The topological polar surface area (TPSA) is 108 Å². The lowest BCUT2D eigenvalue weighted by atomic mass is 10.0. The van der Waals surface area contributed by atoms with Crippen LogP contribution in [-0.2, 0) is 14.3 Å². The summed E-state index contributed by atoms with van der Waals surface area (Å²) in [5, 5.41) is 13.4. The fourth-order valence-corrected chi connectivity index (χ4v) is 2.64. The summed E-state index contributed by atoms with van der Waals surface area (Å²) in [4.78, 5) is 34.7. The Balaban J connectivity index is 1.95. The van der Waals surface area contributed by atoms with Crippen LogP contribution in [0, 0.1) is 17.0 Å². The number of aryl methyl sites for hydroxylation is 1. The van der Waals surface area contributed by atoms with Gasteiger partial charge in [0.05, 0.1) is 4.92 Å². The van der Waals surface area contributed by atoms with E-state index in [0.29, 0.717) is 5.75 Å². The number of esters is 1. The maximum Gasteiger partial charge on any atom is 0.344 e. The number of para-hydroxylation sites is 2. The number of amides is 1. The molecular weight excluding hydrogens is 376 g/mol. The van der Waals surface area contributed by atoms with Crippen LogP contribution < -0.4 is 10.1 Å². The molecule has 1 amide bonds. The first-order valence-electron chi connectivity index (χ1n) is 9.16. The molecule has 0 bridgehead atoms. The van der Waals surface area contributed by atoms with Gasteiger partial charge in [0, 0.05) is 6.07 Å².